The SMILES string of the molecule is CCN(CC)CCNC(=O)C(C1CCCC1)N1CCN(C(C)=O)CC1. The smallest absolute Gasteiger partial charge is 0.237 e. The molecule has 2 aliphatic rings. The van der Waals surface area contributed by atoms with Crippen LogP contribution in [0, 0.1) is 5.92 Å². The van der Waals surface area contributed by atoms with Gasteiger partial charge in [-0.3, -0.25) is 14.5 Å². The first-order valence-electron chi connectivity index (χ1n) is 10.1. The summed E-state index contributed by atoms with van der Waals surface area (Å²) >= 11 is 0. The van der Waals surface area contributed by atoms with E-state index in [9.17, 15) is 9.59 Å². The van der Waals surface area contributed by atoms with Crippen LogP contribution in [0.2, 0.25) is 0 Å². The Morgan fingerprint density at radius 2 is 1.68 bits per heavy atom. The molecule has 0 aromatic carbocycles. The molecule has 144 valence electrons. The van der Waals surface area contributed by atoms with E-state index in [0.717, 1.165) is 65.2 Å². The normalized spacial score (nSPS) is 20.9. The molecule has 1 atom stereocenters. The van der Waals surface area contributed by atoms with Crippen LogP contribution in [-0.4, -0.2) is 84.9 Å². The van der Waals surface area contributed by atoms with E-state index in [2.05, 4.69) is 29.0 Å². The van der Waals surface area contributed by atoms with Crippen LogP contribution in [0.3, 0.4) is 0 Å². The van der Waals surface area contributed by atoms with Gasteiger partial charge in [0.15, 0.2) is 0 Å². The summed E-state index contributed by atoms with van der Waals surface area (Å²) in [5, 5.41) is 3.19. The van der Waals surface area contributed by atoms with Gasteiger partial charge < -0.3 is 15.1 Å². The second kappa shape index (κ2) is 10.1. The number of hydrogen-bond donors (Lipinski definition) is 1. The predicted molar refractivity (Wildman–Crippen MR) is 100 cm³/mol. The van der Waals surface area contributed by atoms with Crippen LogP contribution in [0.4, 0.5) is 0 Å². The Morgan fingerprint density at radius 1 is 1.08 bits per heavy atom. The molecular formula is C19H36N4O2. The van der Waals surface area contributed by atoms with Gasteiger partial charge in [0.25, 0.3) is 0 Å². The van der Waals surface area contributed by atoms with Crippen LogP contribution in [0.5, 0.6) is 0 Å². The molecule has 1 saturated heterocycles. The summed E-state index contributed by atoms with van der Waals surface area (Å²) in [6.07, 6.45) is 4.78. The van der Waals surface area contributed by atoms with Crippen LogP contribution < -0.4 is 5.32 Å². The lowest BCUT2D eigenvalue weighted by Gasteiger charge is -2.40. The first kappa shape index (κ1) is 20.2. The van der Waals surface area contributed by atoms with Gasteiger partial charge in [0.05, 0.1) is 6.04 Å². The molecule has 1 unspecified atom stereocenters. The van der Waals surface area contributed by atoms with E-state index in [-0.39, 0.29) is 17.9 Å². The number of carbonyl (C=O) groups is 2. The molecule has 25 heavy (non-hydrogen) atoms. The summed E-state index contributed by atoms with van der Waals surface area (Å²) < 4.78 is 0. The van der Waals surface area contributed by atoms with Crippen LogP contribution in [0.15, 0.2) is 0 Å². The Morgan fingerprint density at radius 3 is 2.20 bits per heavy atom. The molecule has 1 N–H and O–H groups in total. The van der Waals surface area contributed by atoms with E-state index in [1.807, 2.05) is 4.90 Å². The highest BCUT2D eigenvalue weighted by atomic mass is 16.2. The number of carbonyl (C=O) groups excluding carboxylic acids is 2. The number of hydrogen-bond acceptors (Lipinski definition) is 4. The van der Waals surface area contributed by atoms with Crippen molar-refractivity contribution in [3.63, 3.8) is 0 Å². The zero-order valence-corrected chi connectivity index (χ0v) is 16.3. The quantitative estimate of drug-likeness (QED) is 0.712. The van der Waals surface area contributed by atoms with Crippen LogP contribution in [0.25, 0.3) is 0 Å². The second-order valence-electron chi connectivity index (χ2n) is 7.35. The van der Waals surface area contributed by atoms with Gasteiger partial charge in [-0.2, -0.15) is 0 Å². The van der Waals surface area contributed by atoms with Crippen molar-refractivity contribution < 1.29 is 9.59 Å². The Balaban J connectivity index is 1.91. The minimum atomic E-state index is -0.0201. The molecule has 1 aliphatic heterocycles. The van der Waals surface area contributed by atoms with Crippen molar-refractivity contribution in [1.82, 2.24) is 20.0 Å². The van der Waals surface area contributed by atoms with Gasteiger partial charge >= 0.3 is 0 Å². The first-order valence-corrected chi connectivity index (χ1v) is 10.1. The molecule has 0 aromatic heterocycles. The maximum atomic E-state index is 13.0. The highest BCUT2D eigenvalue weighted by Crippen LogP contribution is 2.31. The topological polar surface area (TPSA) is 55.9 Å². The summed E-state index contributed by atoms with van der Waals surface area (Å²) in [5.41, 5.74) is 0. The van der Waals surface area contributed by atoms with Gasteiger partial charge in [0, 0.05) is 46.2 Å². The predicted octanol–water partition coefficient (Wildman–Crippen LogP) is 1.17. The minimum Gasteiger partial charge on any atom is -0.353 e. The molecule has 2 amide bonds. The van der Waals surface area contributed by atoms with Crippen LogP contribution >= 0.6 is 0 Å². The fraction of sp³-hybridized carbons (Fsp3) is 0.895. The fourth-order valence-corrected chi connectivity index (χ4v) is 4.25. The maximum absolute atomic E-state index is 13.0. The highest BCUT2D eigenvalue weighted by Gasteiger charge is 2.36. The standard InChI is InChI=1S/C19H36N4O2/c1-4-21(5-2)11-10-20-19(25)18(17-8-6-7-9-17)23-14-12-22(13-15-23)16(3)24/h17-18H,4-15H2,1-3H3,(H,20,25). The van der Waals surface area contributed by atoms with Crippen molar-refractivity contribution in [3.8, 4) is 0 Å². The molecule has 0 spiro atoms. The van der Waals surface area contributed by atoms with E-state index >= 15 is 0 Å². The average Bonchev–Trinajstić information content (AvgIpc) is 3.13. The largest absolute Gasteiger partial charge is 0.353 e. The maximum Gasteiger partial charge on any atom is 0.237 e. The molecule has 6 nitrogen and oxygen atoms in total. The summed E-state index contributed by atoms with van der Waals surface area (Å²) in [4.78, 5) is 31.0. The van der Waals surface area contributed by atoms with Crippen molar-refractivity contribution in [2.24, 2.45) is 5.92 Å². The number of nitrogens with zero attached hydrogens (tertiary/aromatic N) is 3. The van der Waals surface area contributed by atoms with Crippen molar-refractivity contribution in [2.75, 3.05) is 52.4 Å². The number of likely N-dealkylation sites (N-methyl/N-ethyl adjacent to an activating group) is 1. The zero-order valence-electron chi connectivity index (χ0n) is 16.3. The summed E-state index contributed by atoms with van der Waals surface area (Å²) in [6.45, 7) is 12.7. The molecule has 0 aromatic rings. The lowest BCUT2D eigenvalue weighted by Crippen LogP contribution is -2.58. The summed E-state index contributed by atoms with van der Waals surface area (Å²) in [7, 11) is 0. The third kappa shape index (κ3) is 5.68. The zero-order chi connectivity index (χ0) is 18.2. The molecular weight excluding hydrogens is 316 g/mol. The van der Waals surface area contributed by atoms with Gasteiger partial charge in [-0.05, 0) is 31.8 Å². The number of nitrogens with one attached hydrogen (secondary N) is 1. The molecule has 2 rings (SSSR count). The highest BCUT2D eigenvalue weighted by molar-refractivity contribution is 5.82. The van der Waals surface area contributed by atoms with Crippen molar-refractivity contribution >= 4 is 11.8 Å². The van der Waals surface area contributed by atoms with Gasteiger partial charge in [0.1, 0.15) is 0 Å². The third-order valence-electron chi connectivity index (χ3n) is 5.89. The van der Waals surface area contributed by atoms with Crippen LogP contribution in [-0.2, 0) is 9.59 Å². The number of rotatable bonds is 8. The lowest BCUT2D eigenvalue weighted by molar-refractivity contribution is -0.133. The third-order valence-corrected chi connectivity index (χ3v) is 5.89. The Labute approximate surface area is 152 Å². The van der Waals surface area contributed by atoms with E-state index in [1.54, 1.807) is 6.92 Å². The van der Waals surface area contributed by atoms with E-state index < -0.39 is 0 Å². The van der Waals surface area contributed by atoms with Crippen molar-refractivity contribution in [1.29, 1.82) is 0 Å². The average molecular weight is 353 g/mol. The van der Waals surface area contributed by atoms with Crippen molar-refractivity contribution in [2.45, 2.75) is 52.5 Å². The van der Waals surface area contributed by atoms with E-state index in [1.165, 1.54) is 12.8 Å². The first-order chi connectivity index (χ1) is 12.1. The van der Waals surface area contributed by atoms with E-state index in [4.69, 9.17) is 0 Å². The van der Waals surface area contributed by atoms with Gasteiger partial charge in [-0.15, -0.1) is 0 Å². The van der Waals surface area contributed by atoms with Crippen molar-refractivity contribution in [3.05, 3.63) is 0 Å². The number of amides is 2. The number of piperazine rings is 1. The Kier molecular flexibility index (Phi) is 8.16. The fourth-order valence-electron chi connectivity index (χ4n) is 4.25. The Bertz CT molecular complexity index is 425. The van der Waals surface area contributed by atoms with Crippen LogP contribution in [0.1, 0.15) is 46.5 Å². The second-order valence-corrected chi connectivity index (χ2v) is 7.35. The van der Waals surface area contributed by atoms with Gasteiger partial charge in [0.2, 0.25) is 11.8 Å². The molecule has 1 saturated carbocycles. The van der Waals surface area contributed by atoms with Gasteiger partial charge in [-0.25, -0.2) is 0 Å². The Hall–Kier alpha value is -1.14. The summed E-state index contributed by atoms with van der Waals surface area (Å²) in [5.74, 6) is 0.799. The minimum absolute atomic E-state index is 0.0201. The molecule has 2 fully saturated rings. The molecule has 0 bridgehead atoms. The molecule has 6 heteroatoms. The molecule has 0 radical (unpaired) electrons. The lowest BCUT2D eigenvalue weighted by atomic mass is 9.95. The van der Waals surface area contributed by atoms with E-state index in [0.29, 0.717) is 5.92 Å². The molecule has 1 heterocycles. The monoisotopic (exact) mass is 352 g/mol. The summed E-state index contributed by atoms with van der Waals surface area (Å²) in [6, 6.07) is -0.0201. The van der Waals surface area contributed by atoms with Gasteiger partial charge in [-0.1, -0.05) is 26.7 Å². The molecule has 1 aliphatic carbocycles.